The van der Waals surface area contributed by atoms with Gasteiger partial charge in [0.05, 0.1) is 5.52 Å². The summed E-state index contributed by atoms with van der Waals surface area (Å²) in [6, 6.07) is 38.1. The predicted octanol–water partition coefficient (Wildman–Crippen LogP) is 7.01. The maximum absolute atomic E-state index is 4.63. The Morgan fingerprint density at radius 1 is 0.667 bits per heavy atom. The summed E-state index contributed by atoms with van der Waals surface area (Å²) in [4.78, 5) is 8.85. The van der Waals surface area contributed by atoms with Crippen LogP contribution in [0.25, 0.3) is 33.4 Å². The van der Waals surface area contributed by atoms with Gasteiger partial charge in [0.2, 0.25) is 0 Å². The Morgan fingerprint density at radius 3 is 2.23 bits per heavy atom. The fraction of sp³-hybridized carbons (Fsp3) is 0. The van der Waals surface area contributed by atoms with Crippen molar-refractivity contribution in [1.29, 1.82) is 0 Å². The molecule has 0 unspecified atom stereocenters. The van der Waals surface area contributed by atoms with E-state index in [1.807, 2.05) is 84.9 Å². The Morgan fingerprint density at radius 2 is 1.47 bits per heavy atom. The summed E-state index contributed by atoms with van der Waals surface area (Å²) in [6.45, 7) is 0. The number of nitrogens with zero attached hydrogens (tertiary/aromatic N) is 2. The van der Waals surface area contributed by atoms with Crippen molar-refractivity contribution < 1.29 is 20.1 Å². The number of pyridine rings is 2. The Labute approximate surface area is 198 Å². The quantitative estimate of drug-likeness (QED) is 0.197. The van der Waals surface area contributed by atoms with Crippen LogP contribution in [0.3, 0.4) is 0 Å². The Hall–Kier alpha value is -2.65. The minimum absolute atomic E-state index is 0. The molecule has 30 heavy (non-hydrogen) atoms. The van der Waals surface area contributed by atoms with Crippen LogP contribution in [0.5, 0.6) is 0 Å². The third kappa shape index (κ3) is 5.70. The normalized spacial score (nSPS) is 9.90. The number of fused-ring (bicyclic) bond motifs is 1. The van der Waals surface area contributed by atoms with Crippen molar-refractivity contribution in [3.8, 4) is 22.5 Å². The van der Waals surface area contributed by atoms with Gasteiger partial charge in [-0.25, -0.2) is 0 Å². The molecular weight excluding hydrogens is 612 g/mol. The molecule has 4 heteroatoms. The molecule has 0 saturated heterocycles. The molecule has 0 N–H and O–H groups in total. The molecule has 3 aromatic carbocycles. The van der Waals surface area contributed by atoms with Crippen molar-refractivity contribution in [2.45, 2.75) is 0 Å². The molecule has 2 aromatic heterocycles. The Bertz CT molecular complexity index is 1170. The third-order valence-corrected chi connectivity index (χ3v) is 4.78. The maximum Gasteiger partial charge on any atom is 0.0595 e. The Kier molecular flexibility index (Phi) is 8.04. The van der Waals surface area contributed by atoms with E-state index in [1.54, 1.807) is 6.20 Å². The van der Waals surface area contributed by atoms with Gasteiger partial charge in [0.1, 0.15) is 0 Å². The van der Waals surface area contributed by atoms with E-state index >= 15 is 0 Å². The van der Waals surface area contributed by atoms with Gasteiger partial charge in [-0.3, -0.25) is 4.98 Å². The monoisotopic (exact) mass is 629 g/mol. The molecule has 1 radical (unpaired) electrons. The van der Waals surface area contributed by atoms with Crippen molar-refractivity contribution >= 4 is 26.8 Å². The number of hydrogen-bond donors (Lipinski definition) is 0. The van der Waals surface area contributed by atoms with Crippen LogP contribution in [-0.4, -0.2) is 9.97 Å². The molecular formula is C26H17BrIrN2-2. The molecule has 0 saturated carbocycles. The number of para-hydroxylation sites is 1. The molecule has 0 bridgehead atoms. The zero-order valence-corrected chi connectivity index (χ0v) is 19.9. The van der Waals surface area contributed by atoms with Crippen LogP contribution < -0.4 is 0 Å². The summed E-state index contributed by atoms with van der Waals surface area (Å²) in [7, 11) is 0. The van der Waals surface area contributed by atoms with Crippen molar-refractivity contribution in [2.24, 2.45) is 0 Å². The second-order valence-electron chi connectivity index (χ2n) is 6.30. The second kappa shape index (κ2) is 10.9. The van der Waals surface area contributed by atoms with E-state index in [0.717, 1.165) is 37.9 Å². The number of benzene rings is 3. The number of rotatable bonds is 2. The van der Waals surface area contributed by atoms with E-state index in [4.69, 9.17) is 0 Å². The average molecular weight is 630 g/mol. The van der Waals surface area contributed by atoms with Crippen LogP contribution >= 0.6 is 15.9 Å². The predicted molar refractivity (Wildman–Crippen MR) is 122 cm³/mol. The van der Waals surface area contributed by atoms with E-state index in [9.17, 15) is 0 Å². The Balaban J connectivity index is 0.000000175. The first-order valence-corrected chi connectivity index (χ1v) is 10.0. The molecule has 5 aromatic rings. The van der Waals surface area contributed by atoms with E-state index in [-0.39, 0.29) is 20.1 Å². The van der Waals surface area contributed by atoms with Crippen LogP contribution in [0.4, 0.5) is 0 Å². The van der Waals surface area contributed by atoms with Crippen LogP contribution in [0.15, 0.2) is 108 Å². The SMILES string of the molecule is Brc1cc[c-]c(-c2ccc3ccccc3n2)c1.[Ir].[c-]1ccccc1-c1ccccn1. The van der Waals surface area contributed by atoms with Gasteiger partial charge in [-0.2, -0.15) is 0 Å². The molecule has 149 valence electrons. The molecule has 0 spiro atoms. The van der Waals surface area contributed by atoms with Gasteiger partial charge in [-0.1, -0.05) is 62.9 Å². The zero-order valence-electron chi connectivity index (χ0n) is 15.9. The van der Waals surface area contributed by atoms with Gasteiger partial charge in [-0.05, 0) is 28.9 Å². The molecule has 2 heterocycles. The summed E-state index contributed by atoms with van der Waals surface area (Å²) < 4.78 is 1.04. The summed E-state index contributed by atoms with van der Waals surface area (Å²) in [5.74, 6) is 0. The average Bonchev–Trinajstić information content (AvgIpc) is 2.80. The van der Waals surface area contributed by atoms with Crippen LogP contribution in [0.2, 0.25) is 0 Å². The minimum Gasteiger partial charge on any atom is -0.305 e. The largest absolute Gasteiger partial charge is 0.305 e. The molecule has 0 amide bonds. The van der Waals surface area contributed by atoms with Crippen molar-refractivity contribution in [3.63, 3.8) is 0 Å². The van der Waals surface area contributed by atoms with Crippen molar-refractivity contribution in [1.82, 2.24) is 9.97 Å². The van der Waals surface area contributed by atoms with E-state index in [0.29, 0.717) is 0 Å². The number of hydrogen-bond acceptors (Lipinski definition) is 2. The molecule has 2 nitrogen and oxygen atoms in total. The first kappa shape index (κ1) is 22.0. The number of halogens is 1. The maximum atomic E-state index is 4.63. The van der Waals surface area contributed by atoms with Gasteiger partial charge in [0.15, 0.2) is 0 Å². The van der Waals surface area contributed by atoms with E-state index in [2.05, 4.69) is 50.2 Å². The van der Waals surface area contributed by atoms with E-state index < -0.39 is 0 Å². The molecule has 0 aliphatic carbocycles. The smallest absolute Gasteiger partial charge is 0.0595 e. The second-order valence-corrected chi connectivity index (χ2v) is 7.22. The molecule has 5 rings (SSSR count). The molecule has 0 aliphatic rings. The summed E-state index contributed by atoms with van der Waals surface area (Å²) in [5.41, 5.74) is 4.98. The fourth-order valence-corrected chi connectivity index (χ4v) is 3.24. The number of aromatic nitrogens is 2. The van der Waals surface area contributed by atoms with Gasteiger partial charge in [-0.15, -0.1) is 65.7 Å². The first-order valence-electron chi connectivity index (χ1n) is 9.21. The van der Waals surface area contributed by atoms with Gasteiger partial charge >= 0.3 is 0 Å². The molecule has 0 fully saturated rings. The van der Waals surface area contributed by atoms with Gasteiger partial charge in [0.25, 0.3) is 0 Å². The van der Waals surface area contributed by atoms with Gasteiger partial charge in [0, 0.05) is 26.3 Å². The summed E-state index contributed by atoms with van der Waals surface area (Å²) in [5, 5.41) is 1.16. The minimum atomic E-state index is 0. The van der Waals surface area contributed by atoms with E-state index in [1.165, 1.54) is 0 Å². The fourth-order valence-electron chi connectivity index (χ4n) is 2.88. The first-order chi connectivity index (χ1) is 14.3. The summed E-state index contributed by atoms with van der Waals surface area (Å²) >= 11 is 3.46. The van der Waals surface area contributed by atoms with Crippen molar-refractivity contribution in [3.05, 3.63) is 120 Å². The zero-order chi connectivity index (χ0) is 19.9. The van der Waals surface area contributed by atoms with Crippen molar-refractivity contribution in [2.75, 3.05) is 0 Å². The van der Waals surface area contributed by atoms with Crippen LogP contribution in [0, 0.1) is 12.1 Å². The molecule has 0 aliphatic heterocycles. The van der Waals surface area contributed by atoms with Gasteiger partial charge < -0.3 is 4.98 Å². The topological polar surface area (TPSA) is 25.8 Å². The third-order valence-electron chi connectivity index (χ3n) is 4.29. The summed E-state index contributed by atoms with van der Waals surface area (Å²) in [6.07, 6.45) is 1.79. The molecule has 0 atom stereocenters. The van der Waals surface area contributed by atoms with Crippen LogP contribution in [-0.2, 0) is 20.1 Å². The standard InChI is InChI=1S/C15H9BrN.C11H8N.Ir/c16-13-6-3-5-12(10-13)15-9-8-11-4-1-2-7-14(11)17-15;1-2-6-10(7-3-1)11-8-4-5-9-12-11;/h1-4,6-10H;1-6,8-9H;/q2*-1;. The van der Waals surface area contributed by atoms with Crippen LogP contribution in [0.1, 0.15) is 0 Å².